The molecule has 3 heterocycles. The highest BCUT2D eigenvalue weighted by molar-refractivity contribution is 7.15. The minimum Gasteiger partial charge on any atom is -0.315 e. The molecule has 1 amide bonds. The number of amides is 1. The van der Waals surface area contributed by atoms with E-state index in [9.17, 15) is 9.59 Å². The minimum atomic E-state index is -0.283. The van der Waals surface area contributed by atoms with Crippen LogP contribution in [0.2, 0.25) is 0 Å². The van der Waals surface area contributed by atoms with Crippen LogP contribution < -0.4 is 10.9 Å². The van der Waals surface area contributed by atoms with Crippen LogP contribution in [0.15, 0.2) is 27.7 Å². The van der Waals surface area contributed by atoms with E-state index in [1.54, 1.807) is 19.1 Å². The fraction of sp³-hybridized carbons (Fsp3) is 0.154. The van der Waals surface area contributed by atoms with Crippen molar-refractivity contribution in [1.29, 1.82) is 0 Å². The number of fused-ring (bicyclic) bond motifs is 1. The first-order valence-corrected chi connectivity index (χ1v) is 7.66. The van der Waals surface area contributed by atoms with Crippen molar-refractivity contribution in [3.8, 4) is 0 Å². The average molecular weight is 305 g/mol. The van der Waals surface area contributed by atoms with Crippen LogP contribution >= 0.6 is 22.7 Å². The lowest BCUT2D eigenvalue weighted by Gasteiger charge is -2.07. The number of aromatic nitrogens is 2. The Labute approximate surface area is 122 Å². The maximum absolute atomic E-state index is 12.5. The molecule has 1 N–H and O–H groups in total. The van der Waals surface area contributed by atoms with E-state index in [1.165, 1.54) is 27.1 Å². The Morgan fingerprint density at radius 2 is 2.15 bits per heavy atom. The molecular weight excluding hydrogens is 294 g/mol. The zero-order valence-electron chi connectivity index (χ0n) is 10.8. The first-order valence-electron chi connectivity index (χ1n) is 5.90. The third-order valence-electron chi connectivity index (χ3n) is 2.90. The summed E-state index contributed by atoms with van der Waals surface area (Å²) in [6.45, 7) is 3.56. The van der Waals surface area contributed by atoms with Crippen LogP contribution in [0.4, 0.5) is 5.69 Å². The van der Waals surface area contributed by atoms with Crippen LogP contribution in [0.25, 0.3) is 4.96 Å². The Balaban J connectivity index is 2.10. The van der Waals surface area contributed by atoms with Crippen LogP contribution in [-0.2, 0) is 0 Å². The zero-order chi connectivity index (χ0) is 14.3. The van der Waals surface area contributed by atoms with Crippen LogP contribution in [0.1, 0.15) is 21.1 Å². The number of nitrogens with one attached hydrogen (secondary N) is 1. The van der Waals surface area contributed by atoms with Crippen molar-refractivity contribution >= 4 is 39.2 Å². The predicted molar refractivity (Wildman–Crippen MR) is 81.1 cm³/mol. The van der Waals surface area contributed by atoms with Crippen molar-refractivity contribution in [2.75, 3.05) is 5.32 Å². The Hall–Kier alpha value is -1.99. The molecule has 3 aromatic rings. The fourth-order valence-electron chi connectivity index (χ4n) is 1.91. The molecule has 20 heavy (non-hydrogen) atoms. The molecule has 0 aliphatic carbocycles. The lowest BCUT2D eigenvalue weighted by atomic mass is 10.3. The largest absolute Gasteiger partial charge is 0.315 e. The number of nitrogens with zero attached hydrogens (tertiary/aromatic N) is 2. The molecule has 3 aromatic heterocycles. The molecule has 0 atom stereocenters. The SMILES string of the molecule is Cc1nc2scc(C)n2c(=O)c1NC(=O)c1cccs1. The van der Waals surface area contributed by atoms with Gasteiger partial charge in [-0.2, -0.15) is 0 Å². The lowest BCUT2D eigenvalue weighted by Crippen LogP contribution is -2.24. The predicted octanol–water partition coefficient (Wildman–Crippen LogP) is 2.69. The van der Waals surface area contributed by atoms with Gasteiger partial charge in [0.1, 0.15) is 5.69 Å². The normalized spacial score (nSPS) is 10.9. The number of rotatable bonds is 2. The quantitative estimate of drug-likeness (QED) is 0.791. The van der Waals surface area contributed by atoms with Gasteiger partial charge in [0, 0.05) is 11.1 Å². The van der Waals surface area contributed by atoms with Gasteiger partial charge in [0.2, 0.25) is 0 Å². The summed E-state index contributed by atoms with van der Waals surface area (Å²) in [5, 5.41) is 6.36. The van der Waals surface area contributed by atoms with Crippen molar-refractivity contribution in [3.63, 3.8) is 0 Å². The molecule has 5 nitrogen and oxygen atoms in total. The minimum absolute atomic E-state index is 0.238. The van der Waals surface area contributed by atoms with Gasteiger partial charge in [-0.1, -0.05) is 6.07 Å². The first kappa shape index (κ1) is 13.0. The number of carbonyl (C=O) groups excluding carboxylic acids is 1. The molecule has 102 valence electrons. The van der Waals surface area contributed by atoms with E-state index in [0.29, 0.717) is 15.5 Å². The molecule has 0 aliphatic rings. The number of thiophene rings is 1. The van der Waals surface area contributed by atoms with Gasteiger partial charge >= 0.3 is 0 Å². The molecule has 3 rings (SSSR count). The summed E-state index contributed by atoms with van der Waals surface area (Å²) < 4.78 is 1.52. The molecule has 0 radical (unpaired) electrons. The third kappa shape index (κ3) is 2.04. The van der Waals surface area contributed by atoms with Crippen molar-refractivity contribution in [2.24, 2.45) is 0 Å². The maximum Gasteiger partial charge on any atom is 0.282 e. The molecule has 7 heteroatoms. The highest BCUT2D eigenvalue weighted by Gasteiger charge is 2.16. The summed E-state index contributed by atoms with van der Waals surface area (Å²) in [6, 6.07) is 3.51. The molecule has 0 bridgehead atoms. The molecular formula is C13H11N3O2S2. The van der Waals surface area contributed by atoms with Gasteiger partial charge in [0.05, 0.1) is 10.6 Å². The van der Waals surface area contributed by atoms with Crippen LogP contribution in [0, 0.1) is 13.8 Å². The van der Waals surface area contributed by atoms with E-state index in [-0.39, 0.29) is 17.2 Å². The van der Waals surface area contributed by atoms with E-state index in [2.05, 4.69) is 10.3 Å². The number of hydrogen-bond acceptors (Lipinski definition) is 5. The summed E-state index contributed by atoms with van der Waals surface area (Å²) in [4.78, 5) is 30.1. The van der Waals surface area contributed by atoms with Crippen molar-refractivity contribution in [1.82, 2.24) is 9.38 Å². The molecule has 0 unspecified atom stereocenters. The Morgan fingerprint density at radius 1 is 1.35 bits per heavy atom. The van der Waals surface area contributed by atoms with Crippen molar-refractivity contribution in [2.45, 2.75) is 13.8 Å². The molecule has 0 aromatic carbocycles. The lowest BCUT2D eigenvalue weighted by molar-refractivity contribution is 0.103. The number of aryl methyl sites for hydroxylation is 2. The number of anilines is 1. The third-order valence-corrected chi connectivity index (χ3v) is 4.72. The second-order valence-electron chi connectivity index (χ2n) is 4.30. The van der Waals surface area contributed by atoms with Gasteiger partial charge in [-0.05, 0) is 25.3 Å². The Kier molecular flexibility index (Phi) is 3.15. The van der Waals surface area contributed by atoms with Crippen molar-refractivity contribution < 1.29 is 4.79 Å². The summed E-state index contributed by atoms with van der Waals surface area (Å²) in [6.07, 6.45) is 0. The van der Waals surface area contributed by atoms with E-state index in [1.807, 2.05) is 17.7 Å². The van der Waals surface area contributed by atoms with Crippen molar-refractivity contribution in [3.05, 3.63) is 49.5 Å². The fourth-order valence-corrected chi connectivity index (χ4v) is 3.43. The van der Waals surface area contributed by atoms with Gasteiger partial charge < -0.3 is 5.32 Å². The van der Waals surface area contributed by atoms with Crippen LogP contribution in [-0.4, -0.2) is 15.3 Å². The summed E-state index contributed by atoms with van der Waals surface area (Å²) >= 11 is 2.74. The smallest absolute Gasteiger partial charge is 0.282 e. The first-order chi connectivity index (χ1) is 9.58. The van der Waals surface area contributed by atoms with E-state index in [4.69, 9.17) is 0 Å². The van der Waals surface area contributed by atoms with Gasteiger partial charge in [0.15, 0.2) is 4.96 Å². The maximum atomic E-state index is 12.5. The van der Waals surface area contributed by atoms with E-state index in [0.717, 1.165) is 5.69 Å². The zero-order valence-corrected chi connectivity index (χ0v) is 12.5. The van der Waals surface area contributed by atoms with E-state index >= 15 is 0 Å². The number of thiazole rings is 1. The van der Waals surface area contributed by atoms with Gasteiger partial charge in [-0.25, -0.2) is 4.98 Å². The second-order valence-corrected chi connectivity index (χ2v) is 6.09. The summed E-state index contributed by atoms with van der Waals surface area (Å²) in [5.74, 6) is -0.283. The van der Waals surface area contributed by atoms with Gasteiger partial charge in [0.25, 0.3) is 11.5 Å². The topological polar surface area (TPSA) is 63.5 Å². The molecule has 0 saturated heterocycles. The number of hydrogen-bond donors (Lipinski definition) is 1. The molecule has 0 fully saturated rings. The molecule has 0 saturated carbocycles. The number of carbonyl (C=O) groups is 1. The highest BCUT2D eigenvalue weighted by Crippen LogP contribution is 2.17. The standard InChI is InChI=1S/C13H11N3O2S2/c1-7-6-20-13-14-8(2)10(12(18)16(7)13)15-11(17)9-4-3-5-19-9/h3-6H,1-2H3,(H,15,17). The Morgan fingerprint density at radius 3 is 2.85 bits per heavy atom. The Bertz CT molecular complexity index is 846. The second kappa shape index (κ2) is 4.84. The van der Waals surface area contributed by atoms with Gasteiger partial charge in [-0.3, -0.25) is 14.0 Å². The molecule has 0 aliphatic heterocycles. The molecule has 0 spiro atoms. The van der Waals surface area contributed by atoms with E-state index < -0.39 is 0 Å². The average Bonchev–Trinajstić information content (AvgIpc) is 3.04. The van der Waals surface area contributed by atoms with Crippen LogP contribution in [0.5, 0.6) is 0 Å². The van der Waals surface area contributed by atoms with Crippen LogP contribution in [0.3, 0.4) is 0 Å². The van der Waals surface area contributed by atoms with Gasteiger partial charge in [-0.15, -0.1) is 22.7 Å². The highest BCUT2D eigenvalue weighted by atomic mass is 32.1. The summed E-state index contributed by atoms with van der Waals surface area (Å²) in [5.41, 5.74) is 1.34. The monoisotopic (exact) mass is 305 g/mol. The summed E-state index contributed by atoms with van der Waals surface area (Å²) in [7, 11) is 0.